The highest BCUT2D eigenvalue weighted by molar-refractivity contribution is 5.88. The molecule has 0 spiro atoms. The maximum atomic E-state index is 13.9. The van der Waals surface area contributed by atoms with Crippen LogP contribution in [0.3, 0.4) is 0 Å². The molecule has 19 nitrogen and oxygen atoms in total. The van der Waals surface area contributed by atoms with E-state index in [0.717, 1.165) is 24.3 Å². The number of carbonyl (C=O) groups is 1. The molecule has 294 valence electrons. The number of rotatable bonds is 10. The first-order chi connectivity index (χ1) is 26.2. The van der Waals surface area contributed by atoms with Crippen LogP contribution < -0.4 is 10.2 Å². The molecule has 1 aromatic heterocycles. The lowest BCUT2D eigenvalue weighted by molar-refractivity contribution is -0.358. The molecule has 0 saturated carbocycles. The van der Waals surface area contributed by atoms with Gasteiger partial charge in [-0.05, 0) is 48.5 Å². The lowest BCUT2D eigenvalue weighted by atomic mass is 9.97. The van der Waals surface area contributed by atoms with Crippen LogP contribution in [0.15, 0.2) is 69.9 Å². The molecule has 3 aromatic carbocycles. The van der Waals surface area contributed by atoms with Crippen molar-refractivity contribution in [3.05, 3.63) is 76.5 Å². The summed E-state index contributed by atoms with van der Waals surface area (Å²) < 4.78 is 34.0. The zero-order valence-corrected chi connectivity index (χ0v) is 28.2. The van der Waals surface area contributed by atoms with Gasteiger partial charge in [-0.15, -0.1) is 0 Å². The normalized spacial score (nSPS) is 28.3. The van der Waals surface area contributed by atoms with E-state index in [1.807, 2.05) is 0 Å². The molecule has 11 N–H and O–H groups in total. The van der Waals surface area contributed by atoms with Crippen molar-refractivity contribution in [2.75, 3.05) is 13.2 Å². The van der Waals surface area contributed by atoms with Crippen LogP contribution in [0.5, 0.6) is 34.5 Å². The van der Waals surface area contributed by atoms with Crippen LogP contribution in [0, 0.1) is 0 Å². The molecule has 10 atom stereocenters. The quantitative estimate of drug-likeness (QED) is 0.0537. The lowest BCUT2D eigenvalue weighted by Gasteiger charge is -2.45. The molecule has 4 aromatic rings. The van der Waals surface area contributed by atoms with Gasteiger partial charge in [-0.3, -0.25) is 4.79 Å². The van der Waals surface area contributed by atoms with Gasteiger partial charge < -0.3 is 84.3 Å². The Bertz CT molecular complexity index is 2100. The predicted octanol–water partition coefficient (Wildman–Crippen LogP) is -0.745. The fourth-order valence-corrected chi connectivity index (χ4v) is 5.96. The summed E-state index contributed by atoms with van der Waals surface area (Å²) in [5.41, 5.74) is -1.13. The highest BCUT2D eigenvalue weighted by Gasteiger charge is 2.52. The lowest BCUT2D eigenvalue weighted by Crippen LogP contribution is -2.65. The Morgan fingerprint density at radius 2 is 1.40 bits per heavy atom. The van der Waals surface area contributed by atoms with Crippen LogP contribution >= 0.6 is 0 Å². The summed E-state index contributed by atoms with van der Waals surface area (Å²) in [6, 6.07) is 10.6. The van der Waals surface area contributed by atoms with Crippen molar-refractivity contribution < 1.29 is 89.1 Å². The monoisotopic (exact) mass is 772 g/mol. The van der Waals surface area contributed by atoms with E-state index in [-0.39, 0.29) is 39.7 Å². The summed E-state index contributed by atoms with van der Waals surface area (Å²) in [4.78, 5) is 26.4. The number of hydrogen-bond acceptors (Lipinski definition) is 19. The molecule has 0 radical (unpaired) electrons. The van der Waals surface area contributed by atoms with Gasteiger partial charge in [0, 0.05) is 29.3 Å². The maximum Gasteiger partial charge on any atom is 0.330 e. The number of hydrogen-bond donors (Lipinski definition) is 11. The van der Waals surface area contributed by atoms with E-state index in [0.29, 0.717) is 0 Å². The molecule has 55 heavy (non-hydrogen) atoms. The number of phenolic OH excluding ortho intramolecular Hbond substituents is 5. The molecule has 0 unspecified atom stereocenters. The molecule has 0 amide bonds. The molecule has 0 aliphatic carbocycles. The van der Waals surface area contributed by atoms with Crippen molar-refractivity contribution in [3.8, 4) is 45.8 Å². The second-order valence-corrected chi connectivity index (χ2v) is 12.6. The topological polar surface area (TPSA) is 316 Å². The molecule has 19 heteroatoms. The minimum absolute atomic E-state index is 0.0707. The Balaban J connectivity index is 1.28. The summed E-state index contributed by atoms with van der Waals surface area (Å²) >= 11 is 0. The fourth-order valence-electron chi connectivity index (χ4n) is 5.96. The average Bonchev–Trinajstić information content (AvgIpc) is 3.15. The molecule has 2 fully saturated rings. The third-order valence-electron chi connectivity index (χ3n) is 8.87. The first-order valence-corrected chi connectivity index (χ1v) is 16.5. The Morgan fingerprint density at radius 1 is 0.727 bits per heavy atom. The van der Waals surface area contributed by atoms with Gasteiger partial charge >= 0.3 is 5.97 Å². The number of fused-ring (bicyclic) bond motifs is 1. The van der Waals surface area contributed by atoms with Gasteiger partial charge in [0.05, 0.1) is 6.61 Å². The molecular formula is C36H36O19. The maximum absolute atomic E-state index is 13.9. The fraction of sp³-hybridized carbons (Fsp3) is 0.333. The first-order valence-electron chi connectivity index (χ1n) is 16.5. The van der Waals surface area contributed by atoms with Crippen LogP contribution in [0.4, 0.5) is 0 Å². The minimum atomic E-state index is -2.06. The summed E-state index contributed by atoms with van der Waals surface area (Å²) in [5.74, 6) is -3.81. The number of benzene rings is 3. The van der Waals surface area contributed by atoms with Crippen molar-refractivity contribution in [1.82, 2.24) is 0 Å². The van der Waals surface area contributed by atoms with Crippen LogP contribution in [-0.4, -0.2) is 137 Å². The third kappa shape index (κ3) is 8.15. The second kappa shape index (κ2) is 16.1. The van der Waals surface area contributed by atoms with Crippen LogP contribution in [0.25, 0.3) is 28.4 Å². The summed E-state index contributed by atoms with van der Waals surface area (Å²) in [6.45, 7) is -1.63. The van der Waals surface area contributed by atoms with E-state index in [4.69, 9.17) is 28.1 Å². The molecular weight excluding hydrogens is 736 g/mol. The van der Waals surface area contributed by atoms with Crippen molar-refractivity contribution in [3.63, 3.8) is 0 Å². The van der Waals surface area contributed by atoms with E-state index in [1.54, 1.807) is 0 Å². The van der Waals surface area contributed by atoms with Crippen LogP contribution in [0.1, 0.15) is 5.56 Å². The van der Waals surface area contributed by atoms with Gasteiger partial charge in [-0.25, -0.2) is 4.79 Å². The smallest absolute Gasteiger partial charge is 0.330 e. The molecule has 3 heterocycles. The van der Waals surface area contributed by atoms with Gasteiger partial charge in [-0.2, -0.15) is 0 Å². The number of ether oxygens (including phenoxy) is 5. The average molecular weight is 773 g/mol. The number of aromatic hydroxyl groups is 5. The molecule has 2 aliphatic rings. The molecule has 0 bridgehead atoms. The summed E-state index contributed by atoms with van der Waals surface area (Å²) in [5, 5.41) is 113. The van der Waals surface area contributed by atoms with Gasteiger partial charge in [0.1, 0.15) is 89.1 Å². The third-order valence-corrected chi connectivity index (χ3v) is 8.87. The summed E-state index contributed by atoms with van der Waals surface area (Å²) in [6.07, 6.45) is -16.8. The summed E-state index contributed by atoms with van der Waals surface area (Å²) in [7, 11) is 0. The highest BCUT2D eigenvalue weighted by Crippen LogP contribution is 2.38. The van der Waals surface area contributed by atoms with E-state index in [2.05, 4.69) is 0 Å². The van der Waals surface area contributed by atoms with E-state index in [9.17, 15) is 65.8 Å². The van der Waals surface area contributed by atoms with E-state index in [1.165, 1.54) is 42.5 Å². The van der Waals surface area contributed by atoms with E-state index < -0.39 is 109 Å². The van der Waals surface area contributed by atoms with Crippen molar-refractivity contribution >= 4 is 23.0 Å². The molecule has 2 aliphatic heterocycles. The minimum Gasteiger partial charge on any atom is -0.508 e. The molecule has 2 saturated heterocycles. The van der Waals surface area contributed by atoms with E-state index >= 15 is 0 Å². The Labute approximate surface area is 308 Å². The number of carbonyl (C=O) groups excluding carboxylic acids is 1. The van der Waals surface area contributed by atoms with Crippen molar-refractivity contribution in [2.24, 2.45) is 0 Å². The Morgan fingerprint density at radius 3 is 2.11 bits per heavy atom. The van der Waals surface area contributed by atoms with Crippen molar-refractivity contribution in [1.29, 1.82) is 0 Å². The number of esters is 1. The van der Waals surface area contributed by atoms with Crippen LogP contribution in [0.2, 0.25) is 0 Å². The van der Waals surface area contributed by atoms with Gasteiger partial charge in [0.2, 0.25) is 17.5 Å². The predicted molar refractivity (Wildman–Crippen MR) is 183 cm³/mol. The second-order valence-electron chi connectivity index (χ2n) is 12.6. The highest BCUT2D eigenvalue weighted by atomic mass is 16.8. The zero-order chi connectivity index (χ0) is 39.7. The number of aliphatic hydroxyl groups is 6. The number of phenols is 5. The van der Waals surface area contributed by atoms with Crippen molar-refractivity contribution in [2.45, 2.75) is 61.4 Å². The van der Waals surface area contributed by atoms with Gasteiger partial charge in [0.15, 0.2) is 18.2 Å². The van der Waals surface area contributed by atoms with Gasteiger partial charge in [0.25, 0.3) is 0 Å². The SMILES string of the molecule is O=C(/C=C/c1cc(O)ccc1O)OC[C@H]1O[C@@H](O[C@H]2[C@H](Oc3c(-c4ccc(O)cc4)oc4cc(O)cc(O)c4c3=O)O[C@H](CO)[C@@H](O)[C@@H]2O)[C@H](O)[C@@H](O)[C@@H]1O. The number of aliphatic hydroxyl groups excluding tert-OH is 6. The standard InChI is InChI=1S/C36H36O19/c37-12-22-26(44)30(48)34(55-35-31(49)29(47)27(45)23(53-35)13-50-24(43)8-3-15-9-17(39)6-7-19(15)41)36(52-22)54-33-28(46)25-20(42)10-18(40)11-21(25)51-32(33)14-1-4-16(38)5-2-14/h1-11,22-23,26-27,29-31,34-42,44-45,47-49H,12-13H2/b8-3+/t22-,23-,26-,27-,29+,30+,31-,34-,35+,36+/m1/s1. The Kier molecular flexibility index (Phi) is 11.5. The molecule has 6 rings (SSSR count). The van der Waals surface area contributed by atoms with Crippen LogP contribution in [-0.2, 0) is 23.7 Å². The van der Waals surface area contributed by atoms with Gasteiger partial charge in [-0.1, -0.05) is 0 Å². The first kappa shape index (κ1) is 39.2. The Hall–Kier alpha value is -5.48. The largest absolute Gasteiger partial charge is 0.508 e. The zero-order valence-electron chi connectivity index (χ0n) is 28.2.